The van der Waals surface area contributed by atoms with Gasteiger partial charge >= 0.3 is 5.97 Å². The van der Waals surface area contributed by atoms with Crippen LogP contribution in [0.2, 0.25) is 5.02 Å². The van der Waals surface area contributed by atoms with E-state index in [9.17, 15) is 4.79 Å². The van der Waals surface area contributed by atoms with Crippen molar-refractivity contribution in [2.45, 2.75) is 45.6 Å². The van der Waals surface area contributed by atoms with E-state index in [1.165, 1.54) is 12.8 Å². The summed E-state index contributed by atoms with van der Waals surface area (Å²) in [5.74, 6) is 0.284. The zero-order valence-electron chi connectivity index (χ0n) is 11.5. The van der Waals surface area contributed by atoms with Gasteiger partial charge < -0.3 is 9.47 Å². The molecular weight excluding hydrogens is 264 g/mol. The maximum Gasteiger partial charge on any atom is 0.347 e. The number of unbranched alkanes of at least 4 members (excludes halogenated alkanes) is 3. The van der Waals surface area contributed by atoms with Crippen LogP contribution in [-0.4, -0.2) is 18.7 Å². The molecule has 0 radical (unpaired) electrons. The third-order valence-corrected chi connectivity index (χ3v) is 2.95. The number of halogens is 1. The molecule has 0 aromatic heterocycles. The van der Waals surface area contributed by atoms with Crippen LogP contribution in [0.4, 0.5) is 0 Å². The van der Waals surface area contributed by atoms with E-state index < -0.39 is 6.10 Å². The zero-order chi connectivity index (χ0) is 14.1. The Labute approximate surface area is 119 Å². The first-order chi connectivity index (χ1) is 9.13. The highest BCUT2D eigenvalue weighted by atomic mass is 35.5. The Morgan fingerprint density at radius 3 is 2.53 bits per heavy atom. The highest BCUT2D eigenvalue weighted by molar-refractivity contribution is 6.30. The average Bonchev–Trinajstić information content (AvgIpc) is 2.41. The predicted octanol–water partition coefficient (Wildman–Crippen LogP) is 4.23. The molecule has 0 heterocycles. The van der Waals surface area contributed by atoms with Crippen LogP contribution in [0, 0.1) is 0 Å². The molecule has 0 spiro atoms. The molecule has 4 heteroatoms. The van der Waals surface area contributed by atoms with Crippen LogP contribution in [0.25, 0.3) is 0 Å². The summed E-state index contributed by atoms with van der Waals surface area (Å²) in [6, 6.07) is 6.90. The summed E-state index contributed by atoms with van der Waals surface area (Å²) in [5, 5.41) is 0.638. The standard InChI is InChI=1S/C15H21ClO3/c1-3-4-5-6-11-18-15(17)12(2)19-14-9-7-13(16)8-10-14/h7-10,12H,3-6,11H2,1-2H3/t12-/m1/s1. The van der Waals surface area contributed by atoms with Crippen molar-refractivity contribution < 1.29 is 14.3 Å². The number of carbonyl (C=O) groups is 1. The highest BCUT2D eigenvalue weighted by Gasteiger charge is 2.15. The molecular formula is C15H21ClO3. The summed E-state index contributed by atoms with van der Waals surface area (Å²) in [6.07, 6.45) is 3.74. The Morgan fingerprint density at radius 2 is 1.89 bits per heavy atom. The summed E-state index contributed by atoms with van der Waals surface area (Å²) in [4.78, 5) is 11.7. The minimum absolute atomic E-state index is 0.327. The molecule has 0 bridgehead atoms. The number of hydrogen-bond donors (Lipinski definition) is 0. The molecule has 19 heavy (non-hydrogen) atoms. The molecule has 3 nitrogen and oxygen atoms in total. The second-order valence-corrected chi connectivity index (χ2v) is 4.88. The molecule has 1 rings (SSSR count). The Bertz CT molecular complexity index is 375. The molecule has 0 N–H and O–H groups in total. The van der Waals surface area contributed by atoms with Gasteiger partial charge in [-0.25, -0.2) is 4.79 Å². The van der Waals surface area contributed by atoms with Gasteiger partial charge in [0.25, 0.3) is 0 Å². The van der Waals surface area contributed by atoms with Crippen LogP contribution < -0.4 is 4.74 Å². The van der Waals surface area contributed by atoms with E-state index in [1.807, 2.05) is 0 Å². The number of rotatable bonds is 8. The lowest BCUT2D eigenvalue weighted by Crippen LogP contribution is -2.26. The summed E-state index contributed by atoms with van der Waals surface area (Å²) < 4.78 is 10.6. The van der Waals surface area contributed by atoms with Crippen LogP contribution >= 0.6 is 11.6 Å². The normalized spacial score (nSPS) is 11.9. The number of esters is 1. The first kappa shape index (κ1) is 15.8. The van der Waals surface area contributed by atoms with Crippen molar-refractivity contribution >= 4 is 17.6 Å². The quantitative estimate of drug-likeness (QED) is 0.529. The fourth-order valence-corrected chi connectivity index (χ4v) is 1.71. The van der Waals surface area contributed by atoms with Gasteiger partial charge in [0.2, 0.25) is 0 Å². The molecule has 106 valence electrons. The molecule has 0 saturated carbocycles. The van der Waals surface area contributed by atoms with Crippen LogP contribution in [0.1, 0.15) is 39.5 Å². The van der Waals surface area contributed by atoms with Gasteiger partial charge in [-0.1, -0.05) is 37.8 Å². The lowest BCUT2D eigenvalue weighted by molar-refractivity contribution is -0.151. The molecule has 0 amide bonds. The Morgan fingerprint density at radius 1 is 1.21 bits per heavy atom. The monoisotopic (exact) mass is 284 g/mol. The van der Waals surface area contributed by atoms with Gasteiger partial charge in [0.05, 0.1) is 6.61 Å². The fraction of sp³-hybridized carbons (Fsp3) is 0.533. The minimum atomic E-state index is -0.604. The van der Waals surface area contributed by atoms with Crippen LogP contribution in [0.3, 0.4) is 0 Å². The van der Waals surface area contributed by atoms with Crippen molar-refractivity contribution in [3.63, 3.8) is 0 Å². The largest absolute Gasteiger partial charge is 0.479 e. The second kappa shape index (κ2) is 8.81. The number of hydrogen-bond acceptors (Lipinski definition) is 3. The molecule has 1 aromatic rings. The van der Waals surface area contributed by atoms with Crippen molar-refractivity contribution in [2.75, 3.05) is 6.61 Å². The molecule has 0 aliphatic heterocycles. The lowest BCUT2D eigenvalue weighted by Gasteiger charge is -2.14. The summed E-state index contributed by atoms with van der Waals surface area (Å²) in [7, 11) is 0. The number of ether oxygens (including phenoxy) is 2. The molecule has 0 unspecified atom stereocenters. The molecule has 0 fully saturated rings. The van der Waals surface area contributed by atoms with Crippen molar-refractivity contribution in [1.29, 1.82) is 0 Å². The van der Waals surface area contributed by atoms with Crippen molar-refractivity contribution in [2.24, 2.45) is 0 Å². The van der Waals surface area contributed by atoms with E-state index in [4.69, 9.17) is 21.1 Å². The smallest absolute Gasteiger partial charge is 0.347 e. The highest BCUT2D eigenvalue weighted by Crippen LogP contribution is 2.17. The van der Waals surface area contributed by atoms with Crippen LogP contribution in [-0.2, 0) is 9.53 Å². The maximum absolute atomic E-state index is 11.7. The maximum atomic E-state index is 11.7. The van der Waals surface area contributed by atoms with Gasteiger partial charge in [0.15, 0.2) is 6.10 Å². The van der Waals surface area contributed by atoms with E-state index in [-0.39, 0.29) is 5.97 Å². The van der Waals surface area contributed by atoms with Crippen molar-refractivity contribution in [3.05, 3.63) is 29.3 Å². The summed E-state index contributed by atoms with van der Waals surface area (Å²) in [6.45, 7) is 4.30. The van der Waals surface area contributed by atoms with E-state index in [1.54, 1.807) is 31.2 Å². The Hall–Kier alpha value is -1.22. The van der Waals surface area contributed by atoms with Gasteiger partial charge in [0, 0.05) is 5.02 Å². The van der Waals surface area contributed by atoms with Gasteiger partial charge in [-0.2, -0.15) is 0 Å². The molecule has 0 saturated heterocycles. The second-order valence-electron chi connectivity index (χ2n) is 4.44. The fourth-order valence-electron chi connectivity index (χ4n) is 1.58. The molecule has 0 aliphatic carbocycles. The first-order valence-electron chi connectivity index (χ1n) is 6.72. The number of carbonyl (C=O) groups excluding carboxylic acids is 1. The number of benzene rings is 1. The van der Waals surface area contributed by atoms with E-state index in [0.29, 0.717) is 17.4 Å². The van der Waals surface area contributed by atoms with Gasteiger partial charge in [-0.3, -0.25) is 0 Å². The lowest BCUT2D eigenvalue weighted by atomic mass is 10.2. The molecule has 1 aromatic carbocycles. The minimum Gasteiger partial charge on any atom is -0.479 e. The van der Waals surface area contributed by atoms with Gasteiger partial charge in [0.1, 0.15) is 5.75 Å². The molecule has 1 atom stereocenters. The topological polar surface area (TPSA) is 35.5 Å². The first-order valence-corrected chi connectivity index (χ1v) is 7.10. The Kier molecular flexibility index (Phi) is 7.34. The predicted molar refractivity (Wildman–Crippen MR) is 76.6 cm³/mol. The van der Waals surface area contributed by atoms with Crippen molar-refractivity contribution in [1.82, 2.24) is 0 Å². The van der Waals surface area contributed by atoms with Gasteiger partial charge in [-0.15, -0.1) is 0 Å². The Balaban J connectivity index is 2.26. The van der Waals surface area contributed by atoms with E-state index >= 15 is 0 Å². The SMILES string of the molecule is CCCCCCOC(=O)[C@@H](C)Oc1ccc(Cl)cc1. The average molecular weight is 285 g/mol. The van der Waals surface area contributed by atoms with Crippen molar-refractivity contribution in [3.8, 4) is 5.75 Å². The van der Waals surface area contributed by atoms with E-state index in [2.05, 4.69) is 6.92 Å². The third kappa shape index (κ3) is 6.48. The van der Waals surface area contributed by atoms with Crippen LogP contribution in [0.5, 0.6) is 5.75 Å². The molecule has 0 aliphatic rings. The zero-order valence-corrected chi connectivity index (χ0v) is 12.3. The summed E-state index contributed by atoms with van der Waals surface area (Å²) in [5.41, 5.74) is 0. The summed E-state index contributed by atoms with van der Waals surface area (Å²) >= 11 is 5.77. The van der Waals surface area contributed by atoms with Gasteiger partial charge in [-0.05, 0) is 37.6 Å². The van der Waals surface area contributed by atoms with Crippen LogP contribution in [0.15, 0.2) is 24.3 Å². The third-order valence-electron chi connectivity index (χ3n) is 2.70. The van der Waals surface area contributed by atoms with E-state index in [0.717, 1.165) is 12.8 Å².